The maximum atomic E-state index is 12.3. The van der Waals surface area contributed by atoms with Crippen LogP contribution in [0.3, 0.4) is 0 Å². The summed E-state index contributed by atoms with van der Waals surface area (Å²) >= 11 is 0. The van der Waals surface area contributed by atoms with Gasteiger partial charge < -0.3 is 20.5 Å². The number of carboxylic acid groups (broad SMARTS) is 1. The average Bonchev–Trinajstić information content (AvgIpc) is 3.12. The highest BCUT2D eigenvalue weighted by molar-refractivity contribution is 5.97. The van der Waals surface area contributed by atoms with Gasteiger partial charge in [0.1, 0.15) is 11.8 Å². The average molecular weight is 376 g/mol. The standard InChI is InChI=1S/C20H28N2O5/c1-13(2)10-17(20(25)26)22-18(23)12-21-19(24)14-6-5-9-16(11-14)27-15-7-3-4-8-15/h5-6,9,11,13,15,17H,3-4,7-8,10,12H2,1-2H3,(H,21,24)(H,22,23)(H,25,26)/t17-/m0/s1. The van der Waals surface area contributed by atoms with Crippen LogP contribution in [0.25, 0.3) is 0 Å². The number of amides is 2. The Hall–Kier alpha value is -2.57. The Labute approximate surface area is 159 Å². The highest BCUT2D eigenvalue weighted by atomic mass is 16.5. The summed E-state index contributed by atoms with van der Waals surface area (Å²) in [6.07, 6.45) is 4.90. The number of aliphatic carboxylic acids is 1. The van der Waals surface area contributed by atoms with Crippen molar-refractivity contribution in [3.63, 3.8) is 0 Å². The monoisotopic (exact) mass is 376 g/mol. The highest BCUT2D eigenvalue weighted by Gasteiger charge is 2.21. The van der Waals surface area contributed by atoms with Crippen LogP contribution < -0.4 is 15.4 Å². The minimum absolute atomic E-state index is 0.128. The SMILES string of the molecule is CC(C)C[C@H](NC(=O)CNC(=O)c1cccc(OC2CCCC2)c1)C(=O)O. The topological polar surface area (TPSA) is 105 Å². The highest BCUT2D eigenvalue weighted by Crippen LogP contribution is 2.24. The minimum Gasteiger partial charge on any atom is -0.490 e. The molecule has 27 heavy (non-hydrogen) atoms. The third-order valence-corrected chi connectivity index (χ3v) is 4.45. The summed E-state index contributed by atoms with van der Waals surface area (Å²) in [6, 6.07) is 5.89. The third-order valence-electron chi connectivity index (χ3n) is 4.45. The fourth-order valence-corrected chi connectivity index (χ4v) is 3.11. The van der Waals surface area contributed by atoms with Crippen molar-refractivity contribution < 1.29 is 24.2 Å². The van der Waals surface area contributed by atoms with Gasteiger partial charge in [-0.15, -0.1) is 0 Å². The molecule has 7 nitrogen and oxygen atoms in total. The number of benzene rings is 1. The number of hydrogen-bond acceptors (Lipinski definition) is 4. The largest absolute Gasteiger partial charge is 0.490 e. The van der Waals surface area contributed by atoms with E-state index in [0.29, 0.717) is 17.7 Å². The molecule has 0 aromatic heterocycles. The number of nitrogens with one attached hydrogen (secondary N) is 2. The van der Waals surface area contributed by atoms with Crippen molar-refractivity contribution in [2.24, 2.45) is 5.92 Å². The van der Waals surface area contributed by atoms with Gasteiger partial charge in [-0.2, -0.15) is 0 Å². The molecule has 2 amide bonds. The number of ether oxygens (including phenoxy) is 1. The molecule has 1 aromatic carbocycles. The van der Waals surface area contributed by atoms with Gasteiger partial charge in [0.05, 0.1) is 12.6 Å². The Morgan fingerprint density at radius 2 is 1.93 bits per heavy atom. The molecule has 0 spiro atoms. The molecule has 0 radical (unpaired) electrons. The maximum absolute atomic E-state index is 12.3. The second-order valence-corrected chi connectivity index (χ2v) is 7.32. The molecule has 0 unspecified atom stereocenters. The van der Waals surface area contributed by atoms with E-state index in [2.05, 4.69) is 10.6 Å². The Morgan fingerprint density at radius 1 is 1.22 bits per heavy atom. The van der Waals surface area contributed by atoms with Crippen molar-refractivity contribution >= 4 is 17.8 Å². The zero-order chi connectivity index (χ0) is 19.8. The molecule has 0 saturated heterocycles. The van der Waals surface area contributed by atoms with Crippen molar-refractivity contribution in [2.45, 2.75) is 58.1 Å². The van der Waals surface area contributed by atoms with Crippen LogP contribution in [0.2, 0.25) is 0 Å². The Morgan fingerprint density at radius 3 is 2.56 bits per heavy atom. The summed E-state index contributed by atoms with van der Waals surface area (Å²) in [5.74, 6) is -1.25. The molecular formula is C20H28N2O5. The molecule has 2 rings (SSSR count). The van der Waals surface area contributed by atoms with E-state index in [0.717, 1.165) is 25.7 Å². The van der Waals surface area contributed by atoms with Gasteiger partial charge >= 0.3 is 5.97 Å². The fourth-order valence-electron chi connectivity index (χ4n) is 3.11. The number of hydrogen-bond donors (Lipinski definition) is 3. The van der Waals surface area contributed by atoms with Crippen molar-refractivity contribution in [3.05, 3.63) is 29.8 Å². The molecule has 3 N–H and O–H groups in total. The number of carbonyl (C=O) groups excluding carboxylic acids is 2. The molecule has 1 aliphatic rings. The molecule has 0 bridgehead atoms. The van der Waals surface area contributed by atoms with Crippen molar-refractivity contribution in [2.75, 3.05) is 6.54 Å². The predicted octanol–water partition coefficient (Wildman–Crippen LogP) is 2.35. The van der Waals surface area contributed by atoms with E-state index < -0.39 is 23.8 Å². The van der Waals surface area contributed by atoms with Crippen molar-refractivity contribution in [3.8, 4) is 5.75 Å². The van der Waals surface area contributed by atoms with Crippen LogP contribution in [0, 0.1) is 5.92 Å². The van der Waals surface area contributed by atoms with Crippen molar-refractivity contribution in [1.29, 1.82) is 0 Å². The smallest absolute Gasteiger partial charge is 0.326 e. The van der Waals surface area contributed by atoms with Crippen LogP contribution in [-0.2, 0) is 9.59 Å². The Balaban J connectivity index is 1.85. The normalized spacial score (nSPS) is 15.4. The summed E-state index contributed by atoms with van der Waals surface area (Å²) in [5.41, 5.74) is 0.398. The third kappa shape index (κ3) is 6.92. The van der Waals surface area contributed by atoms with Crippen LogP contribution in [-0.4, -0.2) is 41.6 Å². The van der Waals surface area contributed by atoms with Crippen LogP contribution in [0.1, 0.15) is 56.3 Å². The van der Waals surface area contributed by atoms with Gasteiger partial charge in [0.25, 0.3) is 5.91 Å². The van der Waals surface area contributed by atoms with Crippen LogP contribution in [0.5, 0.6) is 5.75 Å². The number of carboxylic acids is 1. The summed E-state index contributed by atoms with van der Waals surface area (Å²) in [4.78, 5) is 35.4. The first kappa shape index (κ1) is 20.7. The first-order valence-electron chi connectivity index (χ1n) is 9.42. The lowest BCUT2D eigenvalue weighted by Gasteiger charge is -2.17. The second-order valence-electron chi connectivity index (χ2n) is 7.32. The zero-order valence-corrected chi connectivity index (χ0v) is 15.9. The van der Waals surface area contributed by atoms with E-state index in [1.165, 1.54) is 0 Å². The van der Waals surface area contributed by atoms with Crippen LogP contribution >= 0.6 is 0 Å². The maximum Gasteiger partial charge on any atom is 0.326 e. The van der Waals surface area contributed by atoms with Gasteiger partial charge in [0.2, 0.25) is 5.91 Å². The molecule has 0 aliphatic heterocycles. The second kappa shape index (κ2) is 9.94. The summed E-state index contributed by atoms with van der Waals surface area (Å²) < 4.78 is 5.88. The zero-order valence-electron chi connectivity index (χ0n) is 15.9. The first-order valence-corrected chi connectivity index (χ1v) is 9.42. The van der Waals surface area contributed by atoms with Gasteiger partial charge in [0, 0.05) is 5.56 Å². The van der Waals surface area contributed by atoms with Crippen LogP contribution in [0.4, 0.5) is 0 Å². The summed E-state index contributed by atoms with van der Waals surface area (Å²) in [5, 5.41) is 14.1. The molecular weight excluding hydrogens is 348 g/mol. The van der Waals surface area contributed by atoms with Gasteiger partial charge in [0.15, 0.2) is 0 Å². The Kier molecular flexibility index (Phi) is 7.64. The lowest BCUT2D eigenvalue weighted by atomic mass is 10.0. The van der Waals surface area contributed by atoms with E-state index >= 15 is 0 Å². The van der Waals surface area contributed by atoms with Crippen molar-refractivity contribution in [1.82, 2.24) is 10.6 Å². The molecule has 1 atom stereocenters. The van der Waals surface area contributed by atoms with Gasteiger partial charge in [-0.1, -0.05) is 19.9 Å². The van der Waals surface area contributed by atoms with E-state index in [1.54, 1.807) is 18.2 Å². The van der Waals surface area contributed by atoms with Gasteiger partial charge in [-0.05, 0) is 56.2 Å². The molecule has 1 fully saturated rings. The fraction of sp³-hybridized carbons (Fsp3) is 0.550. The summed E-state index contributed by atoms with van der Waals surface area (Å²) in [7, 11) is 0. The number of rotatable bonds is 9. The molecule has 1 aromatic rings. The first-order chi connectivity index (χ1) is 12.8. The number of carbonyl (C=O) groups is 3. The lowest BCUT2D eigenvalue weighted by Crippen LogP contribution is -2.46. The minimum atomic E-state index is -1.08. The molecule has 7 heteroatoms. The molecule has 1 saturated carbocycles. The van der Waals surface area contributed by atoms with E-state index in [9.17, 15) is 14.4 Å². The quantitative estimate of drug-likeness (QED) is 0.614. The summed E-state index contributed by atoms with van der Waals surface area (Å²) in [6.45, 7) is 3.48. The Bertz CT molecular complexity index is 668. The van der Waals surface area contributed by atoms with E-state index in [1.807, 2.05) is 19.9 Å². The van der Waals surface area contributed by atoms with Gasteiger partial charge in [-0.25, -0.2) is 4.79 Å². The lowest BCUT2D eigenvalue weighted by molar-refractivity contribution is -0.142. The van der Waals surface area contributed by atoms with E-state index in [-0.39, 0.29) is 18.6 Å². The van der Waals surface area contributed by atoms with E-state index in [4.69, 9.17) is 9.84 Å². The predicted molar refractivity (Wildman–Crippen MR) is 101 cm³/mol. The molecule has 0 heterocycles. The van der Waals surface area contributed by atoms with Gasteiger partial charge in [-0.3, -0.25) is 9.59 Å². The molecule has 148 valence electrons. The van der Waals surface area contributed by atoms with Crippen LogP contribution in [0.15, 0.2) is 24.3 Å². The molecule has 1 aliphatic carbocycles.